The second-order valence-electron chi connectivity index (χ2n) is 5.82. The third-order valence-electron chi connectivity index (χ3n) is 5.22. The summed E-state index contributed by atoms with van der Waals surface area (Å²) in [5.41, 5.74) is 0. The van der Waals surface area contributed by atoms with Gasteiger partial charge in [-0.05, 0) is 37.0 Å². The average Bonchev–Trinajstić information content (AvgIpc) is 3.03. The third-order valence-corrected chi connectivity index (χ3v) is 5.22. The molecule has 0 saturated heterocycles. The first-order valence-electron chi connectivity index (χ1n) is 7.09. The van der Waals surface area contributed by atoms with E-state index in [1.54, 1.807) is 12.5 Å². The highest BCUT2D eigenvalue weighted by molar-refractivity contribution is 5.10. The molecule has 0 heterocycles. The van der Waals surface area contributed by atoms with Crippen LogP contribution >= 0.6 is 0 Å². The number of hydrogen-bond acceptors (Lipinski definition) is 3. The molecule has 104 valence electrons. The van der Waals surface area contributed by atoms with Crippen LogP contribution in [0.5, 0.6) is 0 Å². The molecule has 7 unspecified atom stereocenters. The number of rotatable bonds is 6. The molecule has 0 spiro atoms. The van der Waals surface area contributed by atoms with E-state index in [0.717, 1.165) is 12.8 Å². The lowest BCUT2D eigenvalue weighted by Gasteiger charge is -2.32. The van der Waals surface area contributed by atoms with Crippen molar-refractivity contribution in [2.24, 2.45) is 23.7 Å². The van der Waals surface area contributed by atoms with E-state index < -0.39 is 0 Å². The Hall–Kier alpha value is -1.38. The van der Waals surface area contributed by atoms with Crippen LogP contribution in [0.15, 0.2) is 38.5 Å². The van der Waals surface area contributed by atoms with E-state index in [2.05, 4.69) is 19.7 Å². The van der Waals surface area contributed by atoms with Crippen molar-refractivity contribution < 1.29 is 14.2 Å². The van der Waals surface area contributed by atoms with Crippen LogP contribution in [0.1, 0.15) is 19.3 Å². The van der Waals surface area contributed by atoms with Crippen molar-refractivity contribution in [1.29, 1.82) is 0 Å². The Labute approximate surface area is 114 Å². The Morgan fingerprint density at radius 1 is 0.737 bits per heavy atom. The normalized spacial score (nSPS) is 46.4. The summed E-state index contributed by atoms with van der Waals surface area (Å²) in [6.07, 6.45) is 8.66. The molecule has 0 amide bonds. The van der Waals surface area contributed by atoms with Gasteiger partial charge >= 0.3 is 0 Å². The van der Waals surface area contributed by atoms with Gasteiger partial charge < -0.3 is 14.2 Å². The van der Waals surface area contributed by atoms with E-state index in [4.69, 9.17) is 14.2 Å². The van der Waals surface area contributed by atoms with Crippen LogP contribution in [-0.2, 0) is 14.2 Å². The zero-order valence-electron chi connectivity index (χ0n) is 11.2. The Morgan fingerprint density at radius 3 is 2.11 bits per heavy atom. The van der Waals surface area contributed by atoms with Gasteiger partial charge in [0.15, 0.2) is 0 Å². The SMILES string of the molecule is C=COC1CC2CC1C1CC(OC=C)C(OC=C)C21. The molecule has 19 heavy (non-hydrogen) atoms. The van der Waals surface area contributed by atoms with Crippen molar-refractivity contribution in [2.75, 3.05) is 0 Å². The minimum atomic E-state index is 0.110. The maximum Gasteiger partial charge on any atom is 0.138 e. The molecule has 0 aromatic rings. The summed E-state index contributed by atoms with van der Waals surface area (Å²) in [6.45, 7) is 11.1. The molecule has 3 saturated carbocycles. The molecule has 0 N–H and O–H groups in total. The van der Waals surface area contributed by atoms with Crippen molar-refractivity contribution in [1.82, 2.24) is 0 Å². The molecule has 2 bridgehead atoms. The zero-order valence-corrected chi connectivity index (χ0v) is 11.2. The molecule has 3 aliphatic carbocycles. The number of fused-ring (bicyclic) bond motifs is 5. The monoisotopic (exact) mass is 262 g/mol. The standard InChI is InChI=1S/C16H22O3/c1-4-17-13-8-10-7-11(13)12-9-14(18-5-2)16(15(10)12)19-6-3/h4-6,10-16H,1-3,7-9H2. The molecular formula is C16H22O3. The van der Waals surface area contributed by atoms with Crippen LogP contribution < -0.4 is 0 Å². The zero-order chi connectivity index (χ0) is 13.4. The maximum absolute atomic E-state index is 5.76. The van der Waals surface area contributed by atoms with E-state index in [1.807, 2.05) is 0 Å². The predicted molar refractivity (Wildman–Crippen MR) is 73.0 cm³/mol. The van der Waals surface area contributed by atoms with E-state index >= 15 is 0 Å². The van der Waals surface area contributed by atoms with Gasteiger partial charge in [-0.25, -0.2) is 0 Å². The molecule has 0 radical (unpaired) electrons. The first-order chi connectivity index (χ1) is 9.30. The summed E-state index contributed by atoms with van der Waals surface area (Å²) in [6, 6.07) is 0. The maximum atomic E-state index is 5.76. The van der Waals surface area contributed by atoms with Crippen LogP contribution in [0.2, 0.25) is 0 Å². The van der Waals surface area contributed by atoms with E-state index in [9.17, 15) is 0 Å². The van der Waals surface area contributed by atoms with Gasteiger partial charge in [0, 0.05) is 5.92 Å². The van der Waals surface area contributed by atoms with Gasteiger partial charge in [-0.1, -0.05) is 19.7 Å². The molecule has 3 heteroatoms. The van der Waals surface area contributed by atoms with Crippen LogP contribution in [0.4, 0.5) is 0 Å². The van der Waals surface area contributed by atoms with E-state index in [1.165, 1.54) is 12.7 Å². The lowest BCUT2D eigenvalue weighted by molar-refractivity contribution is -0.0193. The highest BCUT2D eigenvalue weighted by atomic mass is 16.5. The number of ether oxygens (including phenoxy) is 3. The summed E-state index contributed by atoms with van der Waals surface area (Å²) < 4.78 is 17.1. The Balaban J connectivity index is 1.77. The fourth-order valence-electron chi connectivity index (χ4n) is 4.79. The van der Waals surface area contributed by atoms with Crippen molar-refractivity contribution in [3.8, 4) is 0 Å². The van der Waals surface area contributed by atoms with Crippen molar-refractivity contribution in [2.45, 2.75) is 37.6 Å². The molecule has 0 aromatic heterocycles. The molecule has 0 aliphatic heterocycles. The van der Waals surface area contributed by atoms with E-state index in [-0.39, 0.29) is 12.2 Å². The van der Waals surface area contributed by atoms with Gasteiger partial charge in [-0.3, -0.25) is 0 Å². The van der Waals surface area contributed by atoms with Crippen LogP contribution in [-0.4, -0.2) is 18.3 Å². The largest absolute Gasteiger partial charge is 0.498 e. The fraction of sp³-hybridized carbons (Fsp3) is 0.625. The lowest BCUT2D eigenvalue weighted by atomic mass is 9.79. The Bertz CT molecular complexity index is 378. The number of hydrogen-bond donors (Lipinski definition) is 0. The van der Waals surface area contributed by atoms with Gasteiger partial charge in [0.2, 0.25) is 0 Å². The summed E-state index contributed by atoms with van der Waals surface area (Å²) in [5, 5.41) is 0. The van der Waals surface area contributed by atoms with Gasteiger partial charge in [0.05, 0.1) is 18.8 Å². The van der Waals surface area contributed by atoms with Gasteiger partial charge in [0.25, 0.3) is 0 Å². The van der Waals surface area contributed by atoms with Crippen LogP contribution in [0, 0.1) is 23.7 Å². The van der Waals surface area contributed by atoms with Crippen molar-refractivity contribution in [3.63, 3.8) is 0 Å². The van der Waals surface area contributed by atoms with Gasteiger partial charge in [-0.15, -0.1) is 0 Å². The smallest absolute Gasteiger partial charge is 0.138 e. The third kappa shape index (κ3) is 1.87. The van der Waals surface area contributed by atoms with Crippen molar-refractivity contribution in [3.05, 3.63) is 38.5 Å². The highest BCUT2D eigenvalue weighted by Gasteiger charge is 2.62. The minimum absolute atomic E-state index is 0.110. The molecule has 3 nitrogen and oxygen atoms in total. The summed E-state index contributed by atoms with van der Waals surface area (Å²) in [5.74, 6) is 2.53. The lowest BCUT2D eigenvalue weighted by Crippen LogP contribution is -2.35. The summed E-state index contributed by atoms with van der Waals surface area (Å²) in [4.78, 5) is 0. The molecule has 7 atom stereocenters. The summed E-state index contributed by atoms with van der Waals surface area (Å²) >= 11 is 0. The Morgan fingerprint density at radius 2 is 1.42 bits per heavy atom. The van der Waals surface area contributed by atoms with Crippen molar-refractivity contribution >= 4 is 0 Å². The minimum Gasteiger partial charge on any atom is -0.498 e. The quantitative estimate of drug-likeness (QED) is 0.688. The van der Waals surface area contributed by atoms with Gasteiger partial charge in [-0.2, -0.15) is 0 Å². The second kappa shape index (κ2) is 4.95. The van der Waals surface area contributed by atoms with Crippen LogP contribution in [0.25, 0.3) is 0 Å². The van der Waals surface area contributed by atoms with Crippen LogP contribution in [0.3, 0.4) is 0 Å². The molecular weight excluding hydrogens is 240 g/mol. The average molecular weight is 262 g/mol. The highest BCUT2D eigenvalue weighted by Crippen LogP contribution is 2.60. The first-order valence-corrected chi connectivity index (χ1v) is 7.09. The van der Waals surface area contributed by atoms with E-state index in [0.29, 0.717) is 29.8 Å². The molecule has 0 aromatic carbocycles. The fourth-order valence-corrected chi connectivity index (χ4v) is 4.79. The molecule has 3 rings (SSSR count). The summed E-state index contributed by atoms with van der Waals surface area (Å²) in [7, 11) is 0. The second-order valence-corrected chi connectivity index (χ2v) is 5.82. The first kappa shape index (κ1) is 12.6. The topological polar surface area (TPSA) is 27.7 Å². The molecule has 3 fully saturated rings. The predicted octanol–water partition coefficient (Wildman–Crippen LogP) is 3.25. The molecule has 3 aliphatic rings. The van der Waals surface area contributed by atoms with Gasteiger partial charge in [0.1, 0.15) is 18.3 Å². The Kier molecular flexibility index (Phi) is 3.29.